The van der Waals surface area contributed by atoms with Gasteiger partial charge in [0, 0.05) is 6.92 Å². The van der Waals surface area contributed by atoms with Crippen LogP contribution in [0.2, 0.25) is 0 Å². The summed E-state index contributed by atoms with van der Waals surface area (Å²) >= 11 is 0. The molecule has 2 heteroatoms. The van der Waals surface area contributed by atoms with E-state index in [1.54, 1.807) is 0 Å². The second-order valence-corrected chi connectivity index (χ2v) is 3.47. The first-order chi connectivity index (χ1) is 6.13. The van der Waals surface area contributed by atoms with Gasteiger partial charge in [0.05, 0.1) is 6.61 Å². The molecule has 0 radical (unpaired) electrons. The second kappa shape index (κ2) is 7.84. The van der Waals surface area contributed by atoms with E-state index < -0.39 is 0 Å². The van der Waals surface area contributed by atoms with Gasteiger partial charge in [-0.1, -0.05) is 11.6 Å². The molecule has 0 spiro atoms. The van der Waals surface area contributed by atoms with Gasteiger partial charge in [-0.25, -0.2) is 0 Å². The predicted octanol–water partition coefficient (Wildman–Crippen LogP) is 3.08. The lowest BCUT2D eigenvalue weighted by molar-refractivity contribution is -0.141. The van der Waals surface area contributed by atoms with Crippen LogP contribution in [0.5, 0.6) is 0 Å². The first kappa shape index (κ1) is 12.2. The summed E-state index contributed by atoms with van der Waals surface area (Å²) < 4.78 is 4.82. The van der Waals surface area contributed by atoms with E-state index >= 15 is 0 Å². The lowest BCUT2D eigenvalue weighted by Gasteiger charge is -2.00. The Morgan fingerprint density at radius 3 is 2.38 bits per heavy atom. The molecule has 0 heterocycles. The fraction of sp³-hybridized carbons (Fsp3) is 0.727. The maximum absolute atomic E-state index is 10.4. The van der Waals surface area contributed by atoms with Gasteiger partial charge >= 0.3 is 5.97 Å². The first-order valence-electron chi connectivity index (χ1n) is 4.89. The smallest absolute Gasteiger partial charge is 0.302 e. The van der Waals surface area contributed by atoms with Crippen LogP contribution in [0.15, 0.2) is 11.6 Å². The molecule has 76 valence electrons. The Hall–Kier alpha value is -0.790. The van der Waals surface area contributed by atoms with Crippen molar-refractivity contribution in [3.8, 4) is 0 Å². The zero-order valence-electron chi connectivity index (χ0n) is 8.93. The summed E-state index contributed by atoms with van der Waals surface area (Å²) in [7, 11) is 0. The minimum absolute atomic E-state index is 0.177. The molecule has 0 fully saturated rings. The normalized spacial score (nSPS) is 9.46. The Morgan fingerprint density at radius 1 is 1.15 bits per heavy atom. The monoisotopic (exact) mass is 184 g/mol. The molecule has 0 rings (SSSR count). The Labute approximate surface area is 81.0 Å². The van der Waals surface area contributed by atoms with Gasteiger partial charge in [-0.05, 0) is 39.5 Å². The largest absolute Gasteiger partial charge is 0.466 e. The number of unbranched alkanes of at least 4 members (excludes halogenated alkanes) is 3. The molecule has 0 aromatic heterocycles. The Morgan fingerprint density at radius 2 is 1.85 bits per heavy atom. The van der Waals surface area contributed by atoms with E-state index in [-0.39, 0.29) is 5.97 Å². The highest BCUT2D eigenvalue weighted by atomic mass is 16.5. The van der Waals surface area contributed by atoms with Crippen molar-refractivity contribution in [2.45, 2.75) is 46.5 Å². The van der Waals surface area contributed by atoms with Crippen molar-refractivity contribution in [3.05, 3.63) is 11.6 Å². The third-order valence-electron chi connectivity index (χ3n) is 1.71. The average molecular weight is 184 g/mol. The van der Waals surface area contributed by atoms with Crippen LogP contribution in [0.4, 0.5) is 0 Å². The Balaban J connectivity index is 3.09. The molecule has 0 unspecified atom stereocenters. The van der Waals surface area contributed by atoms with E-state index in [1.807, 2.05) is 0 Å². The zero-order chi connectivity index (χ0) is 10.1. The van der Waals surface area contributed by atoms with Crippen LogP contribution in [-0.2, 0) is 9.53 Å². The van der Waals surface area contributed by atoms with Crippen molar-refractivity contribution >= 4 is 5.97 Å². The quantitative estimate of drug-likeness (QED) is 0.360. The van der Waals surface area contributed by atoms with E-state index in [9.17, 15) is 4.79 Å². The number of hydrogen-bond acceptors (Lipinski definition) is 2. The summed E-state index contributed by atoms with van der Waals surface area (Å²) in [4.78, 5) is 10.4. The summed E-state index contributed by atoms with van der Waals surface area (Å²) in [6.07, 6.45) is 6.69. The minimum Gasteiger partial charge on any atom is -0.466 e. The molecular formula is C11H20O2. The Kier molecular flexibility index (Phi) is 7.36. The van der Waals surface area contributed by atoms with Crippen molar-refractivity contribution in [2.75, 3.05) is 6.61 Å². The average Bonchev–Trinajstić information content (AvgIpc) is 2.01. The molecule has 0 aromatic carbocycles. The molecule has 0 saturated carbocycles. The first-order valence-corrected chi connectivity index (χ1v) is 4.89. The topological polar surface area (TPSA) is 26.3 Å². The number of hydrogen-bond donors (Lipinski definition) is 0. The van der Waals surface area contributed by atoms with Crippen LogP contribution in [-0.4, -0.2) is 12.6 Å². The molecule has 13 heavy (non-hydrogen) atoms. The number of allylic oxidation sites excluding steroid dienone is 2. The fourth-order valence-electron chi connectivity index (χ4n) is 1.03. The van der Waals surface area contributed by atoms with Crippen LogP contribution >= 0.6 is 0 Å². The molecule has 0 aliphatic carbocycles. The molecule has 0 amide bonds. The van der Waals surface area contributed by atoms with Crippen molar-refractivity contribution in [2.24, 2.45) is 0 Å². The summed E-state index contributed by atoms with van der Waals surface area (Å²) in [6.45, 7) is 6.24. The summed E-state index contributed by atoms with van der Waals surface area (Å²) in [5, 5.41) is 0. The van der Waals surface area contributed by atoms with E-state index in [0.29, 0.717) is 6.61 Å². The van der Waals surface area contributed by atoms with Gasteiger partial charge in [-0.2, -0.15) is 0 Å². The number of carbonyl (C=O) groups is 1. The van der Waals surface area contributed by atoms with Crippen LogP contribution in [0.25, 0.3) is 0 Å². The lowest BCUT2D eigenvalue weighted by Crippen LogP contribution is -1.99. The molecule has 0 N–H and O–H groups in total. The van der Waals surface area contributed by atoms with Gasteiger partial charge in [-0.3, -0.25) is 4.79 Å². The number of ether oxygens (including phenoxy) is 1. The molecular weight excluding hydrogens is 164 g/mol. The number of carbonyl (C=O) groups excluding carboxylic acids is 1. The summed E-state index contributed by atoms with van der Waals surface area (Å²) in [6, 6.07) is 0. The van der Waals surface area contributed by atoms with Crippen LogP contribution in [0.1, 0.15) is 46.5 Å². The van der Waals surface area contributed by atoms with Crippen molar-refractivity contribution in [1.82, 2.24) is 0 Å². The van der Waals surface area contributed by atoms with Gasteiger partial charge < -0.3 is 4.74 Å². The summed E-state index contributed by atoms with van der Waals surface area (Å²) in [5.41, 5.74) is 1.37. The van der Waals surface area contributed by atoms with Gasteiger partial charge in [0.2, 0.25) is 0 Å². The molecule has 0 aromatic rings. The molecule has 0 bridgehead atoms. The number of rotatable bonds is 6. The van der Waals surface area contributed by atoms with Crippen LogP contribution in [0.3, 0.4) is 0 Å². The van der Waals surface area contributed by atoms with Gasteiger partial charge in [0.15, 0.2) is 0 Å². The van der Waals surface area contributed by atoms with Crippen LogP contribution in [0, 0.1) is 0 Å². The molecule has 0 saturated heterocycles. The van der Waals surface area contributed by atoms with Gasteiger partial charge in [0.1, 0.15) is 0 Å². The van der Waals surface area contributed by atoms with Crippen molar-refractivity contribution < 1.29 is 9.53 Å². The van der Waals surface area contributed by atoms with Crippen molar-refractivity contribution in [3.63, 3.8) is 0 Å². The van der Waals surface area contributed by atoms with Gasteiger partial charge in [0.25, 0.3) is 0 Å². The summed E-state index contributed by atoms with van der Waals surface area (Å²) in [5.74, 6) is -0.177. The molecule has 0 aliphatic heterocycles. The third kappa shape index (κ3) is 11.2. The van der Waals surface area contributed by atoms with Crippen LogP contribution < -0.4 is 0 Å². The molecule has 2 nitrogen and oxygen atoms in total. The maximum atomic E-state index is 10.4. The van der Waals surface area contributed by atoms with E-state index in [2.05, 4.69) is 19.9 Å². The highest BCUT2D eigenvalue weighted by Crippen LogP contribution is 2.03. The molecule has 0 atom stereocenters. The predicted molar refractivity (Wildman–Crippen MR) is 54.5 cm³/mol. The zero-order valence-corrected chi connectivity index (χ0v) is 8.93. The lowest BCUT2D eigenvalue weighted by atomic mass is 10.1. The standard InChI is InChI=1S/C11H20O2/c1-10(2)8-6-4-5-7-9-13-11(3)12/h8H,4-7,9H2,1-3H3. The van der Waals surface area contributed by atoms with Crippen molar-refractivity contribution in [1.29, 1.82) is 0 Å². The minimum atomic E-state index is -0.177. The Bertz CT molecular complexity index is 167. The SMILES string of the molecule is CC(=O)OCCCCCC=C(C)C. The van der Waals surface area contributed by atoms with E-state index in [1.165, 1.54) is 18.9 Å². The number of esters is 1. The van der Waals surface area contributed by atoms with E-state index in [0.717, 1.165) is 19.3 Å². The second-order valence-electron chi connectivity index (χ2n) is 3.47. The highest BCUT2D eigenvalue weighted by molar-refractivity contribution is 5.65. The van der Waals surface area contributed by atoms with E-state index in [4.69, 9.17) is 4.74 Å². The van der Waals surface area contributed by atoms with Gasteiger partial charge in [-0.15, -0.1) is 0 Å². The third-order valence-corrected chi connectivity index (χ3v) is 1.71. The highest BCUT2D eigenvalue weighted by Gasteiger charge is 1.92. The maximum Gasteiger partial charge on any atom is 0.302 e. The molecule has 0 aliphatic rings. The fourth-order valence-corrected chi connectivity index (χ4v) is 1.03.